The topological polar surface area (TPSA) is 76.7 Å². The smallest absolute Gasteiger partial charge is 0.309 e. The fourth-order valence-corrected chi connectivity index (χ4v) is 3.18. The first-order chi connectivity index (χ1) is 11.6. The fraction of sp³-hybridized carbons (Fsp3) is 0.579. The molecule has 0 bridgehead atoms. The van der Waals surface area contributed by atoms with Crippen LogP contribution in [0.4, 0.5) is 0 Å². The van der Waals surface area contributed by atoms with Crippen molar-refractivity contribution in [1.29, 1.82) is 0 Å². The van der Waals surface area contributed by atoms with Gasteiger partial charge in [-0.1, -0.05) is 32.9 Å². The molecule has 0 saturated carbocycles. The molecule has 1 unspecified atom stereocenters. The summed E-state index contributed by atoms with van der Waals surface area (Å²) in [6, 6.07) is 7.36. The minimum Gasteiger partial charge on any atom is -0.486 e. The van der Waals surface area contributed by atoms with Crippen LogP contribution in [0.5, 0.6) is 11.5 Å². The van der Waals surface area contributed by atoms with E-state index >= 15 is 0 Å². The summed E-state index contributed by atoms with van der Waals surface area (Å²) in [5.41, 5.74) is -0.413. The predicted molar refractivity (Wildman–Crippen MR) is 95.7 cm³/mol. The number of hydrogen-bond acceptors (Lipinski definition) is 4. The number of carbonyl (C=O) groups excluding carboxylic acids is 2. The quantitative estimate of drug-likeness (QED) is 0.819. The summed E-state index contributed by atoms with van der Waals surface area (Å²) >= 11 is 0. The molecule has 1 heterocycles. The van der Waals surface area contributed by atoms with Crippen LogP contribution in [0.15, 0.2) is 24.3 Å². The van der Waals surface area contributed by atoms with Gasteiger partial charge in [-0.25, -0.2) is 0 Å². The summed E-state index contributed by atoms with van der Waals surface area (Å²) in [6.07, 6.45) is 0.435. The summed E-state index contributed by atoms with van der Waals surface area (Å²) in [5, 5.41) is 5.41. The van der Waals surface area contributed by atoms with Gasteiger partial charge in [-0.05, 0) is 37.8 Å². The van der Waals surface area contributed by atoms with E-state index in [-0.39, 0.29) is 18.1 Å². The van der Waals surface area contributed by atoms with E-state index < -0.39 is 17.4 Å². The highest BCUT2D eigenvalue weighted by Crippen LogP contribution is 2.30. The molecule has 0 radical (unpaired) electrons. The molecule has 0 spiro atoms. The number of carbonyl (C=O) groups is 2. The second kappa shape index (κ2) is 7.33. The van der Waals surface area contributed by atoms with E-state index in [1.165, 1.54) is 0 Å². The highest BCUT2D eigenvalue weighted by molar-refractivity contribution is 6.35. The van der Waals surface area contributed by atoms with Crippen LogP contribution in [0.1, 0.15) is 41.0 Å². The number of para-hydroxylation sites is 2. The lowest BCUT2D eigenvalue weighted by Gasteiger charge is -2.33. The van der Waals surface area contributed by atoms with E-state index in [1.807, 2.05) is 38.1 Å². The Morgan fingerprint density at radius 2 is 1.72 bits per heavy atom. The van der Waals surface area contributed by atoms with Gasteiger partial charge in [-0.15, -0.1) is 0 Å². The zero-order chi connectivity index (χ0) is 18.7. The van der Waals surface area contributed by atoms with Gasteiger partial charge in [0.05, 0.1) is 6.54 Å². The molecule has 0 aliphatic carbocycles. The Morgan fingerprint density at radius 1 is 1.08 bits per heavy atom. The average Bonchev–Trinajstić information content (AvgIpc) is 2.49. The van der Waals surface area contributed by atoms with Crippen LogP contribution in [0, 0.1) is 5.41 Å². The zero-order valence-electron chi connectivity index (χ0n) is 15.6. The molecule has 2 rings (SSSR count). The largest absolute Gasteiger partial charge is 0.486 e. The fourth-order valence-electron chi connectivity index (χ4n) is 3.18. The van der Waals surface area contributed by atoms with Gasteiger partial charge in [0.15, 0.2) is 11.5 Å². The first kappa shape index (κ1) is 19.1. The maximum Gasteiger partial charge on any atom is 0.309 e. The molecule has 2 N–H and O–H groups in total. The van der Waals surface area contributed by atoms with E-state index in [0.29, 0.717) is 18.1 Å². The first-order valence-corrected chi connectivity index (χ1v) is 8.55. The predicted octanol–water partition coefficient (Wildman–Crippen LogP) is 2.27. The Labute approximate surface area is 149 Å². The molecule has 1 aliphatic heterocycles. The number of hydrogen-bond donors (Lipinski definition) is 2. The van der Waals surface area contributed by atoms with Crippen molar-refractivity contribution in [2.24, 2.45) is 5.41 Å². The van der Waals surface area contributed by atoms with Gasteiger partial charge in [-0.3, -0.25) is 9.59 Å². The standard InChI is InChI=1S/C19H28N2O4/c1-18(2,3)12-19(4,5)21-17(23)16(22)20-10-13-11-24-14-8-6-7-9-15(14)25-13/h6-9,13H,10-12H2,1-5H3,(H,20,22)(H,21,23). The Kier molecular flexibility index (Phi) is 5.60. The summed E-state index contributed by atoms with van der Waals surface area (Å²) in [6.45, 7) is 10.7. The SMILES string of the molecule is CC(C)(C)CC(C)(C)NC(=O)C(=O)NCC1COc2ccccc2O1. The molecule has 0 aromatic heterocycles. The molecule has 25 heavy (non-hydrogen) atoms. The van der Waals surface area contributed by atoms with E-state index in [9.17, 15) is 9.59 Å². The molecule has 1 aromatic rings. The molecule has 1 atom stereocenters. The molecule has 6 heteroatoms. The lowest BCUT2D eigenvalue weighted by Crippen LogP contribution is -2.52. The molecule has 138 valence electrons. The summed E-state index contributed by atoms with van der Waals surface area (Å²) in [4.78, 5) is 24.2. The molecular weight excluding hydrogens is 320 g/mol. The molecule has 0 fully saturated rings. The Bertz CT molecular complexity index is 635. The molecule has 0 saturated heterocycles. The third-order valence-electron chi connectivity index (χ3n) is 3.69. The van der Waals surface area contributed by atoms with Crippen molar-refractivity contribution in [1.82, 2.24) is 10.6 Å². The van der Waals surface area contributed by atoms with Gasteiger partial charge in [0, 0.05) is 5.54 Å². The Balaban J connectivity index is 1.81. The van der Waals surface area contributed by atoms with Crippen molar-refractivity contribution in [3.8, 4) is 11.5 Å². The van der Waals surface area contributed by atoms with Crippen LogP contribution >= 0.6 is 0 Å². The highest BCUT2D eigenvalue weighted by atomic mass is 16.6. The van der Waals surface area contributed by atoms with Crippen LogP contribution < -0.4 is 20.1 Å². The van der Waals surface area contributed by atoms with Crippen LogP contribution in [-0.2, 0) is 9.59 Å². The number of ether oxygens (including phenoxy) is 2. The number of rotatable bonds is 4. The van der Waals surface area contributed by atoms with Crippen molar-refractivity contribution in [2.45, 2.75) is 52.7 Å². The molecule has 1 aromatic carbocycles. The third kappa shape index (κ3) is 5.96. The number of amides is 2. The van der Waals surface area contributed by atoms with Crippen LogP contribution in [0.3, 0.4) is 0 Å². The Morgan fingerprint density at radius 3 is 2.36 bits per heavy atom. The van der Waals surface area contributed by atoms with Crippen molar-refractivity contribution in [3.63, 3.8) is 0 Å². The third-order valence-corrected chi connectivity index (χ3v) is 3.69. The van der Waals surface area contributed by atoms with Crippen LogP contribution in [0.2, 0.25) is 0 Å². The van der Waals surface area contributed by atoms with Gasteiger partial charge in [0.1, 0.15) is 12.7 Å². The number of benzene rings is 1. The van der Waals surface area contributed by atoms with E-state index in [2.05, 4.69) is 31.4 Å². The summed E-state index contributed by atoms with van der Waals surface area (Å²) in [7, 11) is 0. The van der Waals surface area contributed by atoms with E-state index in [4.69, 9.17) is 9.47 Å². The second-order valence-electron chi connectivity index (χ2n) is 8.28. The average molecular weight is 348 g/mol. The maximum absolute atomic E-state index is 12.1. The van der Waals surface area contributed by atoms with Gasteiger partial charge < -0.3 is 20.1 Å². The lowest BCUT2D eigenvalue weighted by molar-refractivity contribution is -0.140. The first-order valence-electron chi connectivity index (χ1n) is 8.55. The van der Waals surface area contributed by atoms with Crippen LogP contribution in [0.25, 0.3) is 0 Å². The van der Waals surface area contributed by atoms with Crippen molar-refractivity contribution >= 4 is 11.8 Å². The number of nitrogens with one attached hydrogen (secondary N) is 2. The molecule has 1 aliphatic rings. The maximum atomic E-state index is 12.1. The van der Waals surface area contributed by atoms with Crippen molar-refractivity contribution in [2.75, 3.05) is 13.2 Å². The second-order valence-corrected chi connectivity index (χ2v) is 8.28. The summed E-state index contributed by atoms with van der Waals surface area (Å²) < 4.78 is 11.3. The van der Waals surface area contributed by atoms with Crippen LogP contribution in [-0.4, -0.2) is 36.6 Å². The Hall–Kier alpha value is -2.24. The zero-order valence-corrected chi connectivity index (χ0v) is 15.6. The van der Waals surface area contributed by atoms with Crippen molar-refractivity contribution in [3.05, 3.63) is 24.3 Å². The number of fused-ring (bicyclic) bond motifs is 1. The van der Waals surface area contributed by atoms with Gasteiger partial charge >= 0.3 is 11.8 Å². The minimum absolute atomic E-state index is 0.0495. The monoisotopic (exact) mass is 348 g/mol. The molecule has 2 amide bonds. The molecular formula is C19H28N2O4. The highest BCUT2D eigenvalue weighted by Gasteiger charge is 2.29. The molecule has 6 nitrogen and oxygen atoms in total. The van der Waals surface area contributed by atoms with Gasteiger partial charge in [0.25, 0.3) is 0 Å². The summed E-state index contributed by atoms with van der Waals surface area (Å²) in [5.74, 6) is 0.0336. The van der Waals surface area contributed by atoms with Gasteiger partial charge in [-0.2, -0.15) is 0 Å². The van der Waals surface area contributed by atoms with Gasteiger partial charge in [0.2, 0.25) is 0 Å². The van der Waals surface area contributed by atoms with Crippen molar-refractivity contribution < 1.29 is 19.1 Å². The minimum atomic E-state index is -0.663. The lowest BCUT2D eigenvalue weighted by atomic mass is 9.82. The van der Waals surface area contributed by atoms with E-state index in [0.717, 1.165) is 6.42 Å². The normalized spacial score (nSPS) is 16.9. The van der Waals surface area contributed by atoms with E-state index in [1.54, 1.807) is 0 Å².